The van der Waals surface area contributed by atoms with Crippen molar-refractivity contribution in [3.05, 3.63) is 29.3 Å². The van der Waals surface area contributed by atoms with E-state index in [0.29, 0.717) is 17.0 Å². The van der Waals surface area contributed by atoms with Gasteiger partial charge >= 0.3 is 6.09 Å². The van der Waals surface area contributed by atoms with Crippen molar-refractivity contribution in [1.82, 2.24) is 25.6 Å². The van der Waals surface area contributed by atoms with E-state index in [0.717, 1.165) is 69.2 Å². The molecule has 0 bridgehead atoms. The first-order valence-electron chi connectivity index (χ1n) is 14.1. The van der Waals surface area contributed by atoms with Crippen LogP contribution in [-0.4, -0.2) is 102 Å². The van der Waals surface area contributed by atoms with E-state index < -0.39 is 35.5 Å². The van der Waals surface area contributed by atoms with Gasteiger partial charge in [-0.15, -0.1) is 0 Å². The highest BCUT2D eigenvalue weighted by atomic mass is 16.6. The largest absolute Gasteiger partial charge is 0.443 e. The second kappa shape index (κ2) is 11.2. The lowest BCUT2D eigenvalue weighted by molar-refractivity contribution is -0.136. The number of nitrogens with one attached hydrogen (secondary N) is 2. The van der Waals surface area contributed by atoms with Gasteiger partial charge in [0.25, 0.3) is 11.8 Å². The fraction of sp³-hybridized carbons (Fsp3) is 0.607. The van der Waals surface area contributed by atoms with Crippen LogP contribution in [-0.2, 0) is 14.3 Å². The summed E-state index contributed by atoms with van der Waals surface area (Å²) in [7, 11) is 0. The van der Waals surface area contributed by atoms with Crippen molar-refractivity contribution < 1.29 is 28.7 Å². The second-order valence-electron chi connectivity index (χ2n) is 12.0. The van der Waals surface area contributed by atoms with Gasteiger partial charge in [-0.2, -0.15) is 0 Å². The molecule has 4 heterocycles. The fourth-order valence-electron chi connectivity index (χ4n) is 5.87. The summed E-state index contributed by atoms with van der Waals surface area (Å²) in [5, 5.41) is 4.16. The molecule has 40 heavy (non-hydrogen) atoms. The quantitative estimate of drug-likeness (QED) is 0.518. The number of hydrogen-bond donors (Lipinski definition) is 2. The van der Waals surface area contributed by atoms with E-state index in [4.69, 9.17) is 4.74 Å². The van der Waals surface area contributed by atoms with Crippen LogP contribution in [0.3, 0.4) is 0 Å². The molecule has 3 saturated heterocycles. The van der Waals surface area contributed by atoms with E-state index in [1.807, 2.05) is 31.8 Å². The molecule has 3 fully saturated rings. The van der Waals surface area contributed by atoms with Crippen LogP contribution in [0.1, 0.15) is 67.2 Å². The lowest BCUT2D eigenvalue weighted by Gasteiger charge is -2.39. The third-order valence-electron chi connectivity index (χ3n) is 7.94. The summed E-state index contributed by atoms with van der Waals surface area (Å²) in [6.45, 7) is 11.5. The minimum Gasteiger partial charge on any atom is -0.443 e. The van der Waals surface area contributed by atoms with Gasteiger partial charge in [-0.1, -0.05) is 0 Å². The molecular weight excluding hydrogens is 516 g/mol. The summed E-state index contributed by atoms with van der Waals surface area (Å²) in [5.41, 5.74) is 3.81. The van der Waals surface area contributed by atoms with Crippen molar-refractivity contribution in [2.75, 3.05) is 50.7 Å². The maximum Gasteiger partial charge on any atom is 0.422 e. The van der Waals surface area contributed by atoms with Gasteiger partial charge in [-0.3, -0.25) is 39.7 Å². The molecule has 0 aromatic heterocycles. The predicted octanol–water partition coefficient (Wildman–Crippen LogP) is 1.36. The zero-order valence-corrected chi connectivity index (χ0v) is 23.4. The number of imide groups is 2. The molecular formula is C28H38N6O6. The van der Waals surface area contributed by atoms with Crippen molar-refractivity contribution in [3.63, 3.8) is 0 Å². The van der Waals surface area contributed by atoms with E-state index in [-0.39, 0.29) is 18.7 Å². The maximum atomic E-state index is 13.2. The number of hydrogen-bond acceptors (Lipinski definition) is 9. The minimum atomic E-state index is -0.961. The molecule has 216 valence electrons. The molecule has 5 rings (SSSR count). The standard InChI is InChI=1S/C28H38N6O6/c1-28(2,3)40-27(39)30-33-10-8-18(9-11-33)17-31-12-14-32(15-13-31)19-4-5-20-21(16-19)26(38)34(25(20)37)22-6-7-23(35)29-24(22)36/h4-5,16,18,22H,6-15,17H2,1-3H3,(H,30,39)(H,29,35,36). The van der Waals surface area contributed by atoms with E-state index in [1.165, 1.54) is 0 Å². The number of carbonyl (C=O) groups is 5. The van der Waals surface area contributed by atoms with Gasteiger partial charge in [0.1, 0.15) is 11.6 Å². The molecule has 12 nitrogen and oxygen atoms in total. The first-order chi connectivity index (χ1) is 19.0. The molecule has 1 atom stereocenters. The molecule has 4 aliphatic rings. The highest BCUT2D eigenvalue weighted by Gasteiger charge is 2.44. The second-order valence-corrected chi connectivity index (χ2v) is 12.0. The highest BCUT2D eigenvalue weighted by Crippen LogP contribution is 2.31. The number of hydrazine groups is 1. The molecule has 1 unspecified atom stereocenters. The summed E-state index contributed by atoms with van der Waals surface area (Å²) < 4.78 is 5.34. The zero-order valence-electron chi connectivity index (χ0n) is 23.4. The van der Waals surface area contributed by atoms with Gasteiger partial charge in [-0.25, -0.2) is 9.80 Å². The van der Waals surface area contributed by atoms with Gasteiger partial charge in [0.2, 0.25) is 11.8 Å². The molecule has 0 saturated carbocycles. The number of fused-ring (bicyclic) bond motifs is 1. The number of rotatable bonds is 5. The SMILES string of the molecule is CC(C)(C)OC(=O)NN1CCC(CN2CCN(c3ccc4c(c3)C(=O)N(C3CCC(=O)NC3=O)C4=O)CC2)CC1. The van der Waals surface area contributed by atoms with Gasteiger partial charge in [-0.05, 0) is 64.2 Å². The summed E-state index contributed by atoms with van der Waals surface area (Å²) in [5.74, 6) is -1.40. The summed E-state index contributed by atoms with van der Waals surface area (Å²) >= 11 is 0. The van der Waals surface area contributed by atoms with Gasteiger partial charge < -0.3 is 9.64 Å². The van der Waals surface area contributed by atoms with Crippen LogP contribution in [0.5, 0.6) is 0 Å². The molecule has 5 amide bonds. The smallest absolute Gasteiger partial charge is 0.422 e. The minimum absolute atomic E-state index is 0.0986. The monoisotopic (exact) mass is 554 g/mol. The highest BCUT2D eigenvalue weighted by molar-refractivity contribution is 6.23. The third kappa shape index (κ3) is 6.12. The number of ether oxygens (including phenoxy) is 1. The Labute approximate surface area is 233 Å². The molecule has 2 N–H and O–H groups in total. The molecule has 1 aromatic carbocycles. The molecule has 0 spiro atoms. The van der Waals surface area contributed by atoms with Crippen LogP contribution < -0.4 is 15.6 Å². The molecule has 1 aromatic rings. The number of piperidine rings is 2. The van der Waals surface area contributed by atoms with E-state index >= 15 is 0 Å². The molecule has 4 aliphatic heterocycles. The van der Waals surface area contributed by atoms with Gasteiger partial charge in [0, 0.05) is 57.9 Å². The number of nitrogens with zero attached hydrogens (tertiary/aromatic N) is 4. The average Bonchev–Trinajstić information content (AvgIpc) is 3.14. The number of carbonyl (C=O) groups excluding carboxylic acids is 5. The number of piperazine rings is 1. The average molecular weight is 555 g/mol. The van der Waals surface area contributed by atoms with E-state index in [2.05, 4.69) is 20.5 Å². The van der Waals surface area contributed by atoms with Crippen molar-refractivity contribution >= 4 is 35.4 Å². The summed E-state index contributed by atoms with van der Waals surface area (Å²) in [4.78, 5) is 67.7. The Balaban J connectivity index is 1.11. The van der Waals surface area contributed by atoms with Crippen LogP contribution in [0.4, 0.5) is 10.5 Å². The van der Waals surface area contributed by atoms with Crippen LogP contribution in [0.25, 0.3) is 0 Å². The van der Waals surface area contributed by atoms with Crippen molar-refractivity contribution in [3.8, 4) is 0 Å². The fourth-order valence-corrected chi connectivity index (χ4v) is 5.87. The topological polar surface area (TPSA) is 132 Å². The third-order valence-corrected chi connectivity index (χ3v) is 7.94. The maximum absolute atomic E-state index is 13.2. The van der Waals surface area contributed by atoms with Crippen LogP contribution in [0, 0.1) is 5.92 Å². The molecule has 12 heteroatoms. The Bertz CT molecular complexity index is 1200. The number of benzene rings is 1. The Morgan fingerprint density at radius 1 is 0.950 bits per heavy atom. The van der Waals surface area contributed by atoms with Crippen molar-refractivity contribution in [2.24, 2.45) is 5.92 Å². The van der Waals surface area contributed by atoms with Crippen LogP contribution in [0.2, 0.25) is 0 Å². The number of anilines is 1. The zero-order chi connectivity index (χ0) is 28.6. The normalized spacial score (nSPS) is 23.3. The number of amides is 5. The molecule has 0 aliphatic carbocycles. The van der Waals surface area contributed by atoms with Crippen LogP contribution in [0.15, 0.2) is 18.2 Å². The van der Waals surface area contributed by atoms with E-state index in [1.54, 1.807) is 12.1 Å². The Hall–Kier alpha value is -3.51. The predicted molar refractivity (Wildman–Crippen MR) is 145 cm³/mol. The van der Waals surface area contributed by atoms with Crippen LogP contribution >= 0.6 is 0 Å². The first kappa shape index (κ1) is 28.0. The Morgan fingerprint density at radius 2 is 1.62 bits per heavy atom. The lowest BCUT2D eigenvalue weighted by Crippen LogP contribution is -2.54. The van der Waals surface area contributed by atoms with Gasteiger partial charge in [0.05, 0.1) is 11.1 Å². The Morgan fingerprint density at radius 3 is 2.27 bits per heavy atom. The van der Waals surface area contributed by atoms with Gasteiger partial charge in [0.15, 0.2) is 0 Å². The lowest BCUT2D eigenvalue weighted by atomic mass is 9.97. The van der Waals surface area contributed by atoms with E-state index in [9.17, 15) is 24.0 Å². The first-order valence-corrected chi connectivity index (χ1v) is 14.1. The summed E-state index contributed by atoms with van der Waals surface area (Å²) in [6.07, 6.45) is 1.83. The van der Waals surface area contributed by atoms with Crippen molar-refractivity contribution in [2.45, 2.75) is 58.1 Å². The van der Waals surface area contributed by atoms with Crippen molar-refractivity contribution in [1.29, 1.82) is 0 Å². The summed E-state index contributed by atoms with van der Waals surface area (Å²) in [6, 6.07) is 4.32. The Kier molecular flexibility index (Phi) is 7.83. The molecule has 0 radical (unpaired) electrons.